The SMILES string of the molecule is F[C@@H]1CCN(C2CCNC2)C1. The Morgan fingerprint density at radius 3 is 2.82 bits per heavy atom. The lowest BCUT2D eigenvalue weighted by Gasteiger charge is -2.21. The van der Waals surface area contributed by atoms with E-state index in [-0.39, 0.29) is 0 Å². The maximum absolute atomic E-state index is 12.8. The van der Waals surface area contributed by atoms with Crippen LogP contribution in [0.4, 0.5) is 4.39 Å². The Kier molecular flexibility index (Phi) is 2.09. The number of rotatable bonds is 1. The predicted octanol–water partition coefficient (Wildman–Crippen LogP) is 0.392. The third kappa shape index (κ3) is 1.54. The van der Waals surface area contributed by atoms with Crippen LogP contribution in [0, 0.1) is 0 Å². The molecule has 1 unspecified atom stereocenters. The molecule has 0 aliphatic carbocycles. The van der Waals surface area contributed by atoms with Gasteiger partial charge in [-0.25, -0.2) is 4.39 Å². The van der Waals surface area contributed by atoms with Crippen LogP contribution in [0.2, 0.25) is 0 Å². The van der Waals surface area contributed by atoms with Crippen molar-refractivity contribution in [3.8, 4) is 0 Å². The summed E-state index contributed by atoms with van der Waals surface area (Å²) in [6, 6.07) is 0.621. The summed E-state index contributed by atoms with van der Waals surface area (Å²) < 4.78 is 12.8. The van der Waals surface area contributed by atoms with E-state index < -0.39 is 6.17 Å². The van der Waals surface area contributed by atoms with Gasteiger partial charge >= 0.3 is 0 Å². The standard InChI is InChI=1S/C8H15FN2/c9-7-2-4-11(6-7)8-1-3-10-5-8/h7-8,10H,1-6H2/t7-,8?/m1/s1. The number of hydrogen-bond acceptors (Lipinski definition) is 2. The largest absolute Gasteiger partial charge is 0.315 e. The summed E-state index contributed by atoms with van der Waals surface area (Å²) in [6.45, 7) is 3.81. The number of alkyl halides is 1. The van der Waals surface area contributed by atoms with Gasteiger partial charge in [-0.3, -0.25) is 4.90 Å². The minimum absolute atomic E-state index is 0.560. The molecule has 0 aromatic heterocycles. The lowest BCUT2D eigenvalue weighted by molar-refractivity contribution is 0.233. The Morgan fingerprint density at radius 1 is 1.36 bits per heavy atom. The maximum Gasteiger partial charge on any atom is 0.114 e. The Labute approximate surface area is 66.8 Å². The van der Waals surface area contributed by atoms with Crippen molar-refractivity contribution >= 4 is 0 Å². The molecule has 0 aromatic rings. The summed E-state index contributed by atoms with van der Waals surface area (Å²) in [5.74, 6) is 0. The molecule has 0 radical (unpaired) electrons. The van der Waals surface area contributed by atoms with E-state index in [4.69, 9.17) is 0 Å². The van der Waals surface area contributed by atoms with Gasteiger partial charge in [-0.2, -0.15) is 0 Å². The molecule has 2 heterocycles. The molecule has 0 aromatic carbocycles. The van der Waals surface area contributed by atoms with Gasteiger partial charge in [0, 0.05) is 25.7 Å². The summed E-state index contributed by atoms with van der Waals surface area (Å²) in [7, 11) is 0. The average Bonchev–Trinajstić information content (AvgIpc) is 2.55. The van der Waals surface area contributed by atoms with Crippen LogP contribution in [-0.2, 0) is 0 Å². The van der Waals surface area contributed by atoms with Crippen LogP contribution in [0.25, 0.3) is 0 Å². The van der Waals surface area contributed by atoms with Gasteiger partial charge in [0.25, 0.3) is 0 Å². The molecule has 64 valence electrons. The van der Waals surface area contributed by atoms with E-state index in [1.165, 1.54) is 6.42 Å². The molecule has 3 heteroatoms. The van der Waals surface area contributed by atoms with Gasteiger partial charge < -0.3 is 5.32 Å². The van der Waals surface area contributed by atoms with E-state index in [0.29, 0.717) is 12.6 Å². The first-order valence-corrected chi connectivity index (χ1v) is 4.45. The zero-order chi connectivity index (χ0) is 7.68. The Morgan fingerprint density at radius 2 is 2.27 bits per heavy atom. The average molecular weight is 158 g/mol. The van der Waals surface area contributed by atoms with Gasteiger partial charge in [-0.05, 0) is 19.4 Å². The highest BCUT2D eigenvalue weighted by Gasteiger charge is 2.29. The third-order valence-corrected chi connectivity index (χ3v) is 2.71. The minimum Gasteiger partial charge on any atom is -0.315 e. The van der Waals surface area contributed by atoms with Crippen molar-refractivity contribution in [2.45, 2.75) is 25.1 Å². The third-order valence-electron chi connectivity index (χ3n) is 2.71. The second-order valence-electron chi connectivity index (χ2n) is 3.53. The molecule has 2 fully saturated rings. The van der Waals surface area contributed by atoms with Gasteiger partial charge in [0.15, 0.2) is 0 Å². The van der Waals surface area contributed by atoms with Crippen LogP contribution in [0.3, 0.4) is 0 Å². The van der Waals surface area contributed by atoms with Gasteiger partial charge in [0.05, 0.1) is 0 Å². The molecule has 2 saturated heterocycles. The zero-order valence-corrected chi connectivity index (χ0v) is 6.72. The van der Waals surface area contributed by atoms with Crippen LogP contribution in [0.15, 0.2) is 0 Å². The number of likely N-dealkylation sites (tertiary alicyclic amines) is 1. The Hall–Kier alpha value is -0.150. The predicted molar refractivity (Wildman–Crippen MR) is 42.4 cm³/mol. The fourth-order valence-electron chi connectivity index (χ4n) is 2.03. The van der Waals surface area contributed by atoms with Gasteiger partial charge in [-0.1, -0.05) is 0 Å². The lowest BCUT2D eigenvalue weighted by Crippen LogP contribution is -2.35. The number of hydrogen-bond donors (Lipinski definition) is 1. The maximum atomic E-state index is 12.8. The molecule has 0 saturated carbocycles. The molecular weight excluding hydrogens is 143 g/mol. The molecule has 2 rings (SSSR count). The van der Waals surface area contributed by atoms with Gasteiger partial charge in [0.1, 0.15) is 6.17 Å². The second kappa shape index (κ2) is 3.07. The normalized spacial score (nSPS) is 40.1. The van der Waals surface area contributed by atoms with Crippen LogP contribution < -0.4 is 5.32 Å². The highest BCUT2D eigenvalue weighted by Crippen LogP contribution is 2.18. The van der Waals surface area contributed by atoms with E-state index in [0.717, 1.165) is 26.1 Å². The minimum atomic E-state index is -0.560. The Balaban J connectivity index is 1.85. The summed E-state index contributed by atoms with van der Waals surface area (Å²) in [4.78, 5) is 2.28. The molecule has 2 nitrogen and oxygen atoms in total. The Bertz CT molecular complexity index is 134. The summed E-state index contributed by atoms with van der Waals surface area (Å²) in [5, 5.41) is 3.30. The van der Waals surface area contributed by atoms with E-state index in [2.05, 4.69) is 10.2 Å². The number of nitrogens with one attached hydrogen (secondary N) is 1. The quantitative estimate of drug-likeness (QED) is 0.594. The lowest BCUT2D eigenvalue weighted by atomic mass is 10.2. The molecule has 0 amide bonds. The fourth-order valence-corrected chi connectivity index (χ4v) is 2.03. The van der Waals surface area contributed by atoms with Crippen molar-refractivity contribution < 1.29 is 4.39 Å². The van der Waals surface area contributed by atoms with E-state index >= 15 is 0 Å². The molecule has 2 atom stereocenters. The van der Waals surface area contributed by atoms with E-state index in [9.17, 15) is 4.39 Å². The van der Waals surface area contributed by atoms with Crippen molar-refractivity contribution in [2.75, 3.05) is 26.2 Å². The summed E-state index contributed by atoms with van der Waals surface area (Å²) >= 11 is 0. The molecule has 1 N–H and O–H groups in total. The zero-order valence-electron chi connectivity index (χ0n) is 6.72. The van der Waals surface area contributed by atoms with Gasteiger partial charge in [-0.15, -0.1) is 0 Å². The van der Waals surface area contributed by atoms with Crippen molar-refractivity contribution in [1.82, 2.24) is 10.2 Å². The first-order valence-electron chi connectivity index (χ1n) is 4.45. The van der Waals surface area contributed by atoms with E-state index in [1.807, 2.05) is 0 Å². The van der Waals surface area contributed by atoms with Crippen LogP contribution in [0.5, 0.6) is 0 Å². The van der Waals surface area contributed by atoms with Crippen molar-refractivity contribution in [2.24, 2.45) is 0 Å². The van der Waals surface area contributed by atoms with Crippen molar-refractivity contribution in [3.05, 3.63) is 0 Å². The molecule has 11 heavy (non-hydrogen) atoms. The molecular formula is C8H15FN2. The number of halogens is 1. The topological polar surface area (TPSA) is 15.3 Å². The summed E-state index contributed by atoms with van der Waals surface area (Å²) in [5.41, 5.74) is 0. The second-order valence-corrected chi connectivity index (χ2v) is 3.53. The van der Waals surface area contributed by atoms with Gasteiger partial charge in [0.2, 0.25) is 0 Å². The van der Waals surface area contributed by atoms with Crippen molar-refractivity contribution in [3.63, 3.8) is 0 Å². The van der Waals surface area contributed by atoms with Crippen molar-refractivity contribution in [1.29, 1.82) is 0 Å². The fraction of sp³-hybridized carbons (Fsp3) is 1.00. The first kappa shape index (κ1) is 7.50. The van der Waals surface area contributed by atoms with Crippen LogP contribution in [-0.4, -0.2) is 43.3 Å². The molecule has 2 aliphatic heterocycles. The number of nitrogens with zero attached hydrogens (tertiary/aromatic N) is 1. The van der Waals surface area contributed by atoms with Crippen LogP contribution >= 0.6 is 0 Å². The smallest absolute Gasteiger partial charge is 0.114 e. The summed E-state index contributed by atoms with van der Waals surface area (Å²) in [6.07, 6.45) is 1.39. The molecule has 2 aliphatic rings. The highest BCUT2D eigenvalue weighted by atomic mass is 19.1. The molecule has 0 spiro atoms. The van der Waals surface area contributed by atoms with E-state index in [1.54, 1.807) is 0 Å². The molecule has 0 bridgehead atoms. The highest BCUT2D eigenvalue weighted by molar-refractivity contribution is 4.86. The van der Waals surface area contributed by atoms with Crippen LogP contribution in [0.1, 0.15) is 12.8 Å². The first-order chi connectivity index (χ1) is 5.36. The monoisotopic (exact) mass is 158 g/mol.